The van der Waals surface area contributed by atoms with E-state index in [4.69, 9.17) is 0 Å². The number of nitrogens with zero attached hydrogens (tertiary/aromatic N) is 1. The molecule has 1 heterocycles. The van der Waals surface area contributed by atoms with E-state index in [1.54, 1.807) is 24.3 Å². The predicted octanol–water partition coefficient (Wildman–Crippen LogP) is 3.82. The van der Waals surface area contributed by atoms with Crippen molar-refractivity contribution in [3.63, 3.8) is 0 Å². The van der Waals surface area contributed by atoms with Gasteiger partial charge >= 0.3 is 0 Å². The van der Waals surface area contributed by atoms with E-state index in [1.165, 1.54) is 18.3 Å². The second-order valence-electron chi connectivity index (χ2n) is 5.11. The van der Waals surface area contributed by atoms with Gasteiger partial charge in [-0.05, 0) is 29.8 Å². The largest absolute Gasteiger partial charge is 0.348 e. The maximum absolute atomic E-state index is 13.2. The number of amides is 1. The molecule has 3 nitrogen and oxygen atoms in total. The monoisotopic (exact) mass is 306 g/mol. The smallest absolute Gasteiger partial charge is 0.253 e. The Morgan fingerprint density at radius 1 is 1.00 bits per heavy atom. The van der Waals surface area contributed by atoms with E-state index in [1.807, 2.05) is 30.3 Å². The van der Waals surface area contributed by atoms with E-state index >= 15 is 0 Å². The summed E-state index contributed by atoms with van der Waals surface area (Å²) in [6.45, 7) is 0.464. The van der Waals surface area contributed by atoms with Crippen LogP contribution in [0.15, 0.2) is 72.9 Å². The van der Waals surface area contributed by atoms with Gasteiger partial charge in [-0.1, -0.05) is 42.5 Å². The zero-order chi connectivity index (χ0) is 16.1. The van der Waals surface area contributed by atoms with E-state index in [2.05, 4.69) is 10.3 Å². The lowest BCUT2D eigenvalue weighted by atomic mass is 10.1. The summed E-state index contributed by atoms with van der Waals surface area (Å²) in [5, 5.41) is 2.84. The minimum atomic E-state index is -0.311. The number of carbonyl (C=O) groups is 1. The van der Waals surface area contributed by atoms with Crippen molar-refractivity contribution >= 4 is 5.91 Å². The van der Waals surface area contributed by atoms with E-state index < -0.39 is 0 Å². The number of nitrogens with one attached hydrogen (secondary N) is 1. The molecule has 0 aliphatic rings. The van der Waals surface area contributed by atoms with Crippen molar-refractivity contribution in [1.29, 1.82) is 0 Å². The van der Waals surface area contributed by atoms with Crippen molar-refractivity contribution in [3.05, 3.63) is 89.9 Å². The SMILES string of the molecule is O=C(NCc1ccccc1)c1ccc(-c2cccc(F)c2)nc1. The van der Waals surface area contributed by atoms with Crippen molar-refractivity contribution < 1.29 is 9.18 Å². The highest BCUT2D eigenvalue weighted by Crippen LogP contribution is 2.17. The molecule has 3 rings (SSSR count). The zero-order valence-corrected chi connectivity index (χ0v) is 12.4. The molecule has 114 valence electrons. The second-order valence-corrected chi connectivity index (χ2v) is 5.11. The van der Waals surface area contributed by atoms with Gasteiger partial charge in [-0.3, -0.25) is 9.78 Å². The summed E-state index contributed by atoms with van der Waals surface area (Å²) in [6, 6.07) is 19.3. The molecule has 0 spiro atoms. The van der Waals surface area contributed by atoms with Gasteiger partial charge in [-0.15, -0.1) is 0 Å². The molecule has 0 aliphatic carbocycles. The Balaban J connectivity index is 1.68. The molecule has 0 atom stereocenters. The van der Waals surface area contributed by atoms with Crippen molar-refractivity contribution in [1.82, 2.24) is 10.3 Å². The van der Waals surface area contributed by atoms with Crippen LogP contribution in [-0.2, 0) is 6.54 Å². The highest BCUT2D eigenvalue weighted by atomic mass is 19.1. The Morgan fingerprint density at radius 3 is 2.52 bits per heavy atom. The average Bonchev–Trinajstić information content (AvgIpc) is 2.61. The Kier molecular flexibility index (Phi) is 4.43. The van der Waals surface area contributed by atoms with Crippen LogP contribution in [0.3, 0.4) is 0 Å². The van der Waals surface area contributed by atoms with E-state index in [-0.39, 0.29) is 11.7 Å². The lowest BCUT2D eigenvalue weighted by Crippen LogP contribution is -2.22. The molecule has 4 heteroatoms. The topological polar surface area (TPSA) is 42.0 Å². The third kappa shape index (κ3) is 3.80. The van der Waals surface area contributed by atoms with Gasteiger partial charge in [0.15, 0.2) is 0 Å². The quantitative estimate of drug-likeness (QED) is 0.796. The number of pyridine rings is 1. The van der Waals surface area contributed by atoms with E-state index in [9.17, 15) is 9.18 Å². The summed E-state index contributed by atoms with van der Waals surface area (Å²) in [5.74, 6) is -0.499. The number of hydrogen-bond donors (Lipinski definition) is 1. The van der Waals surface area contributed by atoms with Crippen LogP contribution in [0.1, 0.15) is 15.9 Å². The number of benzene rings is 2. The third-order valence-corrected chi connectivity index (χ3v) is 3.44. The first-order valence-corrected chi connectivity index (χ1v) is 7.26. The predicted molar refractivity (Wildman–Crippen MR) is 87.2 cm³/mol. The van der Waals surface area contributed by atoms with Gasteiger partial charge in [0, 0.05) is 18.3 Å². The van der Waals surface area contributed by atoms with Gasteiger partial charge in [0.2, 0.25) is 0 Å². The van der Waals surface area contributed by atoms with Gasteiger partial charge in [0.1, 0.15) is 5.82 Å². The number of rotatable bonds is 4. The zero-order valence-electron chi connectivity index (χ0n) is 12.4. The summed E-state index contributed by atoms with van der Waals surface area (Å²) in [5.41, 5.74) is 2.82. The first kappa shape index (κ1) is 14.9. The van der Waals surface area contributed by atoms with Crippen LogP contribution in [0.2, 0.25) is 0 Å². The van der Waals surface area contributed by atoms with Crippen LogP contribution in [0.25, 0.3) is 11.3 Å². The highest BCUT2D eigenvalue weighted by Gasteiger charge is 2.07. The minimum absolute atomic E-state index is 0.188. The van der Waals surface area contributed by atoms with Crippen LogP contribution < -0.4 is 5.32 Å². The minimum Gasteiger partial charge on any atom is -0.348 e. The standard InChI is InChI=1S/C19H15FN2O/c20-17-8-4-7-15(11-17)18-10-9-16(13-21-18)19(23)22-12-14-5-2-1-3-6-14/h1-11,13H,12H2,(H,22,23). The van der Waals surface area contributed by atoms with Crippen molar-refractivity contribution in [3.8, 4) is 11.3 Å². The maximum Gasteiger partial charge on any atom is 0.253 e. The second kappa shape index (κ2) is 6.83. The fourth-order valence-corrected chi connectivity index (χ4v) is 2.23. The number of carbonyl (C=O) groups excluding carboxylic acids is 1. The van der Waals surface area contributed by atoms with Gasteiger partial charge in [0.05, 0.1) is 11.3 Å². The summed E-state index contributed by atoms with van der Waals surface area (Å²) in [7, 11) is 0. The molecule has 0 saturated heterocycles. The molecule has 2 aromatic carbocycles. The maximum atomic E-state index is 13.2. The molecule has 0 bridgehead atoms. The summed E-state index contributed by atoms with van der Waals surface area (Å²) in [6.07, 6.45) is 1.50. The fraction of sp³-hybridized carbons (Fsp3) is 0.0526. The average molecular weight is 306 g/mol. The van der Waals surface area contributed by atoms with Crippen LogP contribution in [0.5, 0.6) is 0 Å². The molecule has 1 aromatic heterocycles. The van der Waals surface area contributed by atoms with Gasteiger partial charge < -0.3 is 5.32 Å². The summed E-state index contributed by atoms with van der Waals surface area (Å²) in [4.78, 5) is 16.3. The summed E-state index contributed by atoms with van der Waals surface area (Å²) >= 11 is 0. The summed E-state index contributed by atoms with van der Waals surface area (Å²) < 4.78 is 13.2. The number of hydrogen-bond acceptors (Lipinski definition) is 2. The normalized spacial score (nSPS) is 10.3. The van der Waals surface area contributed by atoms with Crippen LogP contribution in [-0.4, -0.2) is 10.9 Å². The molecule has 0 unspecified atom stereocenters. The molecule has 0 aliphatic heterocycles. The number of halogens is 1. The van der Waals surface area contributed by atoms with Gasteiger partial charge in [-0.25, -0.2) is 4.39 Å². The Labute approximate surface area is 133 Å². The lowest BCUT2D eigenvalue weighted by Gasteiger charge is -2.06. The van der Waals surface area contributed by atoms with E-state index in [0.717, 1.165) is 5.56 Å². The molecule has 0 radical (unpaired) electrons. The molecule has 0 fully saturated rings. The third-order valence-electron chi connectivity index (χ3n) is 3.44. The molecule has 0 saturated carbocycles. The van der Waals surface area contributed by atoms with Crippen LogP contribution >= 0.6 is 0 Å². The van der Waals surface area contributed by atoms with Crippen molar-refractivity contribution in [2.45, 2.75) is 6.54 Å². The molecule has 23 heavy (non-hydrogen) atoms. The fourth-order valence-electron chi connectivity index (χ4n) is 2.23. The molecule has 3 aromatic rings. The lowest BCUT2D eigenvalue weighted by molar-refractivity contribution is 0.0950. The molecule has 1 N–H and O–H groups in total. The Hall–Kier alpha value is -3.01. The van der Waals surface area contributed by atoms with Crippen molar-refractivity contribution in [2.24, 2.45) is 0 Å². The highest BCUT2D eigenvalue weighted by molar-refractivity contribution is 5.94. The Bertz CT molecular complexity index is 801. The van der Waals surface area contributed by atoms with Crippen LogP contribution in [0.4, 0.5) is 4.39 Å². The van der Waals surface area contributed by atoms with Gasteiger partial charge in [-0.2, -0.15) is 0 Å². The number of aromatic nitrogens is 1. The Morgan fingerprint density at radius 2 is 1.83 bits per heavy atom. The molecular weight excluding hydrogens is 291 g/mol. The van der Waals surface area contributed by atoms with Crippen molar-refractivity contribution in [2.75, 3.05) is 0 Å². The molecular formula is C19H15FN2O. The first-order chi connectivity index (χ1) is 11.2. The van der Waals surface area contributed by atoms with E-state index in [0.29, 0.717) is 23.4 Å². The molecule has 1 amide bonds. The van der Waals surface area contributed by atoms with Gasteiger partial charge in [0.25, 0.3) is 5.91 Å². The van der Waals surface area contributed by atoms with Crippen LogP contribution in [0, 0.1) is 5.82 Å². The first-order valence-electron chi connectivity index (χ1n) is 7.26.